The number of amides is 2. The van der Waals surface area contributed by atoms with E-state index in [0.29, 0.717) is 39.2 Å². The van der Waals surface area contributed by atoms with E-state index in [1.54, 1.807) is 7.11 Å². The van der Waals surface area contributed by atoms with Gasteiger partial charge in [0.1, 0.15) is 0 Å². The highest BCUT2D eigenvalue weighted by molar-refractivity contribution is 5.78. The summed E-state index contributed by atoms with van der Waals surface area (Å²) in [4.78, 5) is 23.2. The molecule has 1 heterocycles. The minimum absolute atomic E-state index is 0.0828. The first-order valence-corrected chi connectivity index (χ1v) is 6.88. The summed E-state index contributed by atoms with van der Waals surface area (Å²) >= 11 is 0. The number of aliphatic carboxylic acids is 1. The lowest BCUT2D eigenvalue weighted by atomic mass is 9.80. The normalized spacial score (nSPS) is 18.8. The van der Waals surface area contributed by atoms with Gasteiger partial charge in [0.2, 0.25) is 0 Å². The molecule has 0 aromatic heterocycles. The lowest BCUT2D eigenvalue weighted by molar-refractivity contribution is -0.154. The van der Waals surface area contributed by atoms with Gasteiger partial charge in [0.15, 0.2) is 0 Å². The molecule has 1 aliphatic heterocycles. The van der Waals surface area contributed by atoms with Crippen molar-refractivity contribution >= 4 is 12.0 Å². The van der Waals surface area contributed by atoms with Gasteiger partial charge in [-0.1, -0.05) is 0 Å². The highest BCUT2D eigenvalue weighted by Gasteiger charge is 2.40. The second-order valence-corrected chi connectivity index (χ2v) is 5.07. The van der Waals surface area contributed by atoms with Crippen LogP contribution < -0.4 is 10.6 Å². The van der Waals surface area contributed by atoms with Gasteiger partial charge in [-0.25, -0.2) is 4.79 Å². The molecule has 2 amide bonds. The zero-order valence-corrected chi connectivity index (χ0v) is 12.5. The monoisotopic (exact) mass is 304 g/mol. The Morgan fingerprint density at radius 2 is 1.95 bits per heavy atom. The van der Waals surface area contributed by atoms with Gasteiger partial charge >= 0.3 is 12.0 Å². The molecule has 1 saturated heterocycles. The summed E-state index contributed by atoms with van der Waals surface area (Å²) in [5.41, 5.74) is -0.942. The molecule has 122 valence electrons. The fourth-order valence-corrected chi connectivity index (χ4v) is 2.14. The van der Waals surface area contributed by atoms with Crippen LogP contribution in [-0.2, 0) is 19.0 Å². The van der Waals surface area contributed by atoms with Crippen molar-refractivity contribution in [2.45, 2.75) is 18.9 Å². The van der Waals surface area contributed by atoms with Crippen LogP contribution in [0, 0.1) is 5.41 Å². The summed E-state index contributed by atoms with van der Waals surface area (Å²) in [5, 5.41) is 14.6. The molecular weight excluding hydrogens is 280 g/mol. The molecule has 0 spiro atoms. The lowest BCUT2D eigenvalue weighted by Crippen LogP contribution is -2.50. The predicted molar refractivity (Wildman–Crippen MR) is 74.2 cm³/mol. The molecule has 21 heavy (non-hydrogen) atoms. The van der Waals surface area contributed by atoms with Crippen LogP contribution in [0.1, 0.15) is 12.8 Å². The topological polar surface area (TPSA) is 106 Å². The van der Waals surface area contributed by atoms with Crippen molar-refractivity contribution in [3.05, 3.63) is 0 Å². The number of rotatable bonds is 8. The Bertz CT molecular complexity index is 344. The van der Waals surface area contributed by atoms with Gasteiger partial charge in [0.05, 0.1) is 18.1 Å². The van der Waals surface area contributed by atoms with Gasteiger partial charge in [-0.05, 0) is 12.8 Å². The number of hydrogen-bond donors (Lipinski definition) is 3. The maximum Gasteiger partial charge on any atom is 0.314 e. The molecule has 8 heteroatoms. The lowest BCUT2D eigenvalue weighted by Gasteiger charge is -2.33. The van der Waals surface area contributed by atoms with E-state index in [0.717, 1.165) is 0 Å². The van der Waals surface area contributed by atoms with Gasteiger partial charge < -0.3 is 30.0 Å². The number of methoxy groups -OCH3 is 2. The number of carbonyl (C=O) groups excluding carboxylic acids is 1. The molecular formula is C13H24N2O6. The Balaban J connectivity index is 2.38. The van der Waals surface area contributed by atoms with Crippen molar-refractivity contribution in [3.8, 4) is 0 Å². The van der Waals surface area contributed by atoms with Crippen LogP contribution >= 0.6 is 0 Å². The van der Waals surface area contributed by atoms with Crippen molar-refractivity contribution in [1.29, 1.82) is 0 Å². The van der Waals surface area contributed by atoms with E-state index in [2.05, 4.69) is 10.6 Å². The fraction of sp³-hybridized carbons (Fsp3) is 0.846. The molecule has 1 fully saturated rings. The molecule has 0 aliphatic carbocycles. The van der Waals surface area contributed by atoms with Gasteiger partial charge in [0, 0.05) is 40.5 Å². The molecule has 0 radical (unpaired) electrons. The number of hydrogen-bond acceptors (Lipinski definition) is 5. The highest BCUT2D eigenvalue weighted by atomic mass is 16.5. The first-order valence-electron chi connectivity index (χ1n) is 6.88. The third-order valence-corrected chi connectivity index (χ3v) is 3.67. The number of carbonyl (C=O) groups is 2. The van der Waals surface area contributed by atoms with Gasteiger partial charge in [-0.3, -0.25) is 4.79 Å². The summed E-state index contributed by atoms with van der Waals surface area (Å²) in [6, 6.07) is -0.416. The standard InChI is InChI=1S/C13H24N2O6/c1-19-8-10(20-2)7-14-12(18)15-9-13(11(16)17)3-5-21-6-4-13/h10H,3-9H2,1-2H3,(H,16,17)(H2,14,15,18). The van der Waals surface area contributed by atoms with E-state index in [9.17, 15) is 14.7 Å². The molecule has 0 aromatic rings. The van der Waals surface area contributed by atoms with Crippen molar-refractivity contribution < 1.29 is 28.9 Å². The van der Waals surface area contributed by atoms with E-state index in [4.69, 9.17) is 14.2 Å². The van der Waals surface area contributed by atoms with Crippen LogP contribution in [0.2, 0.25) is 0 Å². The zero-order valence-electron chi connectivity index (χ0n) is 12.5. The molecule has 0 bridgehead atoms. The number of ether oxygens (including phenoxy) is 3. The zero-order chi connectivity index (χ0) is 15.7. The third-order valence-electron chi connectivity index (χ3n) is 3.67. The van der Waals surface area contributed by atoms with E-state index >= 15 is 0 Å². The number of nitrogens with one attached hydrogen (secondary N) is 2. The molecule has 0 aromatic carbocycles. The van der Waals surface area contributed by atoms with Crippen LogP contribution in [0.4, 0.5) is 4.79 Å². The second-order valence-electron chi connectivity index (χ2n) is 5.07. The minimum atomic E-state index is -0.942. The Hall–Kier alpha value is -1.38. The number of urea groups is 1. The SMILES string of the molecule is COCC(CNC(=O)NCC1(C(=O)O)CCOCC1)OC. The van der Waals surface area contributed by atoms with E-state index < -0.39 is 17.4 Å². The molecule has 0 saturated carbocycles. The first kappa shape index (κ1) is 17.7. The van der Waals surface area contributed by atoms with Gasteiger partial charge in [-0.2, -0.15) is 0 Å². The summed E-state index contributed by atoms with van der Waals surface area (Å²) in [5.74, 6) is -0.903. The quantitative estimate of drug-likeness (QED) is 0.575. The van der Waals surface area contributed by atoms with E-state index in [1.165, 1.54) is 7.11 Å². The van der Waals surface area contributed by atoms with Crippen molar-refractivity contribution in [2.75, 3.05) is 47.1 Å². The van der Waals surface area contributed by atoms with Crippen LogP contribution in [0.3, 0.4) is 0 Å². The first-order chi connectivity index (χ1) is 10.0. The second kappa shape index (κ2) is 8.81. The Labute approximate surface area is 124 Å². The molecule has 1 atom stereocenters. The van der Waals surface area contributed by atoms with E-state index in [-0.39, 0.29) is 12.6 Å². The summed E-state index contributed by atoms with van der Waals surface area (Å²) in [6.45, 7) is 1.54. The van der Waals surface area contributed by atoms with Crippen molar-refractivity contribution in [3.63, 3.8) is 0 Å². The van der Waals surface area contributed by atoms with Crippen molar-refractivity contribution in [1.82, 2.24) is 10.6 Å². The summed E-state index contributed by atoms with van der Waals surface area (Å²) < 4.78 is 15.2. The average molecular weight is 304 g/mol. The fourth-order valence-electron chi connectivity index (χ4n) is 2.14. The smallest absolute Gasteiger partial charge is 0.314 e. The Kier molecular flexibility index (Phi) is 7.41. The Morgan fingerprint density at radius 3 is 2.48 bits per heavy atom. The molecule has 1 rings (SSSR count). The maximum absolute atomic E-state index is 11.7. The molecule has 1 unspecified atom stereocenters. The summed E-state index contributed by atoms with van der Waals surface area (Å²) in [7, 11) is 3.08. The molecule has 1 aliphatic rings. The summed E-state index contributed by atoms with van der Waals surface area (Å²) in [6.07, 6.45) is 0.553. The van der Waals surface area contributed by atoms with Crippen LogP contribution in [-0.4, -0.2) is 70.3 Å². The highest BCUT2D eigenvalue weighted by Crippen LogP contribution is 2.29. The van der Waals surface area contributed by atoms with Gasteiger partial charge in [-0.15, -0.1) is 0 Å². The number of carboxylic acid groups (broad SMARTS) is 1. The van der Waals surface area contributed by atoms with Crippen LogP contribution in [0.5, 0.6) is 0 Å². The molecule has 8 nitrogen and oxygen atoms in total. The average Bonchev–Trinajstić information content (AvgIpc) is 2.50. The minimum Gasteiger partial charge on any atom is -0.481 e. The number of carboxylic acids is 1. The van der Waals surface area contributed by atoms with Crippen LogP contribution in [0.25, 0.3) is 0 Å². The van der Waals surface area contributed by atoms with E-state index in [1.807, 2.05) is 0 Å². The maximum atomic E-state index is 11.7. The Morgan fingerprint density at radius 1 is 1.29 bits per heavy atom. The third kappa shape index (κ3) is 5.49. The largest absolute Gasteiger partial charge is 0.481 e. The van der Waals surface area contributed by atoms with Gasteiger partial charge in [0.25, 0.3) is 0 Å². The molecule has 3 N–H and O–H groups in total. The van der Waals surface area contributed by atoms with Crippen LogP contribution in [0.15, 0.2) is 0 Å². The predicted octanol–water partition coefficient (Wildman–Crippen LogP) is -0.172. The van der Waals surface area contributed by atoms with Crippen molar-refractivity contribution in [2.24, 2.45) is 5.41 Å².